The van der Waals surface area contributed by atoms with Crippen LogP contribution in [-0.4, -0.2) is 18.5 Å². The van der Waals surface area contributed by atoms with Crippen LogP contribution in [0.4, 0.5) is 0 Å². The van der Waals surface area contributed by atoms with Crippen LogP contribution in [0.5, 0.6) is 0 Å². The second kappa shape index (κ2) is 6.28. The Morgan fingerprint density at radius 1 is 1.06 bits per heavy atom. The monoisotopic (exact) mass is 270 g/mol. The Hall–Kier alpha value is -0.960. The number of benzene rings is 1. The zero-order valence-electron chi connectivity index (χ0n) is 11.1. The molecule has 0 bridgehead atoms. The molecule has 0 heterocycles. The summed E-state index contributed by atoms with van der Waals surface area (Å²) in [7, 11) is -3.47. The van der Waals surface area contributed by atoms with Crippen molar-refractivity contribution >= 4 is 19.2 Å². The van der Waals surface area contributed by atoms with Crippen molar-refractivity contribution in [3.8, 4) is 0 Å². The SMILES string of the molecule is CC(C)OP(=O)(OC(C)C)c1ccccc1C=O. The molecule has 0 aliphatic rings. The minimum absolute atomic E-state index is 0.255. The normalized spacial score (nSPS) is 12.1. The van der Waals surface area contributed by atoms with Gasteiger partial charge in [-0.05, 0) is 33.8 Å². The Labute approximate surface area is 108 Å². The third-order valence-electron chi connectivity index (χ3n) is 2.06. The Morgan fingerprint density at radius 2 is 1.56 bits per heavy atom. The topological polar surface area (TPSA) is 52.6 Å². The number of carbonyl (C=O) groups excluding carboxylic acids is 1. The average Bonchev–Trinajstić information content (AvgIpc) is 2.26. The number of rotatable bonds is 6. The molecule has 1 rings (SSSR count). The van der Waals surface area contributed by atoms with E-state index in [4.69, 9.17) is 9.05 Å². The molecule has 0 aliphatic heterocycles. The van der Waals surface area contributed by atoms with Gasteiger partial charge in [-0.3, -0.25) is 9.36 Å². The van der Waals surface area contributed by atoms with Gasteiger partial charge in [0, 0.05) is 5.56 Å². The zero-order chi connectivity index (χ0) is 13.8. The molecule has 18 heavy (non-hydrogen) atoms. The lowest BCUT2D eigenvalue weighted by atomic mass is 10.2. The minimum atomic E-state index is -3.47. The fourth-order valence-corrected chi connectivity index (χ4v) is 3.63. The molecular weight excluding hydrogens is 251 g/mol. The van der Waals surface area contributed by atoms with Crippen molar-refractivity contribution in [2.75, 3.05) is 0 Å². The van der Waals surface area contributed by atoms with E-state index in [0.717, 1.165) is 0 Å². The molecule has 0 aromatic heterocycles. The maximum atomic E-state index is 12.8. The van der Waals surface area contributed by atoms with Gasteiger partial charge >= 0.3 is 7.60 Å². The molecule has 0 spiro atoms. The van der Waals surface area contributed by atoms with Crippen molar-refractivity contribution in [2.45, 2.75) is 39.9 Å². The fourth-order valence-electron chi connectivity index (χ4n) is 1.53. The van der Waals surface area contributed by atoms with Crippen molar-refractivity contribution in [1.29, 1.82) is 0 Å². The van der Waals surface area contributed by atoms with Crippen LogP contribution in [0.3, 0.4) is 0 Å². The average molecular weight is 270 g/mol. The van der Waals surface area contributed by atoms with Gasteiger partial charge in [0.05, 0.1) is 17.5 Å². The highest BCUT2D eigenvalue weighted by molar-refractivity contribution is 7.62. The lowest BCUT2D eigenvalue weighted by molar-refractivity contribution is 0.112. The largest absolute Gasteiger partial charge is 0.362 e. The van der Waals surface area contributed by atoms with Gasteiger partial charge in [-0.25, -0.2) is 0 Å². The van der Waals surface area contributed by atoms with E-state index in [-0.39, 0.29) is 12.2 Å². The molecule has 0 atom stereocenters. The summed E-state index contributed by atoms with van der Waals surface area (Å²) < 4.78 is 23.7. The molecule has 0 unspecified atom stereocenters. The Balaban J connectivity index is 3.25. The summed E-state index contributed by atoms with van der Waals surface area (Å²) in [5.41, 5.74) is 0.335. The standard InChI is InChI=1S/C13H19O4P/c1-10(2)16-18(15,17-11(3)4)13-8-6-5-7-12(13)9-14/h5-11H,1-4H3. The second-order valence-corrected chi connectivity index (χ2v) is 6.38. The predicted octanol–water partition coefficient (Wildman–Crippen LogP) is 3.17. The number of carbonyl (C=O) groups is 1. The third-order valence-corrected chi connectivity index (χ3v) is 4.45. The summed E-state index contributed by atoms with van der Waals surface area (Å²) in [5.74, 6) is 0. The van der Waals surface area contributed by atoms with Gasteiger partial charge in [0.2, 0.25) is 0 Å². The van der Waals surface area contributed by atoms with Crippen molar-refractivity contribution in [3.05, 3.63) is 29.8 Å². The summed E-state index contributed by atoms with van der Waals surface area (Å²) in [6.45, 7) is 7.11. The molecule has 1 aromatic rings. The van der Waals surface area contributed by atoms with E-state index in [1.54, 1.807) is 52.0 Å². The van der Waals surface area contributed by atoms with E-state index < -0.39 is 7.60 Å². The molecular formula is C13H19O4P. The Bertz CT molecular complexity index is 440. The van der Waals surface area contributed by atoms with Gasteiger partial charge in [-0.1, -0.05) is 18.2 Å². The van der Waals surface area contributed by atoms with E-state index in [0.29, 0.717) is 17.2 Å². The summed E-state index contributed by atoms with van der Waals surface area (Å²) in [5, 5.41) is 0.322. The first-order valence-electron chi connectivity index (χ1n) is 5.90. The van der Waals surface area contributed by atoms with Crippen molar-refractivity contribution in [3.63, 3.8) is 0 Å². The highest BCUT2D eigenvalue weighted by Gasteiger charge is 2.32. The van der Waals surface area contributed by atoms with Gasteiger partial charge in [-0.15, -0.1) is 0 Å². The Kier molecular flexibility index (Phi) is 5.27. The second-order valence-electron chi connectivity index (χ2n) is 4.48. The van der Waals surface area contributed by atoms with Gasteiger partial charge in [0.25, 0.3) is 0 Å². The molecule has 0 amide bonds. The van der Waals surface area contributed by atoms with Crippen LogP contribution in [0.2, 0.25) is 0 Å². The molecule has 0 N–H and O–H groups in total. The zero-order valence-corrected chi connectivity index (χ0v) is 12.0. The molecule has 0 fully saturated rings. The van der Waals surface area contributed by atoms with Crippen LogP contribution >= 0.6 is 7.60 Å². The smallest absolute Gasteiger partial charge is 0.302 e. The summed E-state index contributed by atoms with van der Waals surface area (Å²) >= 11 is 0. The van der Waals surface area contributed by atoms with Crippen LogP contribution in [-0.2, 0) is 13.6 Å². The lowest BCUT2D eigenvalue weighted by Crippen LogP contribution is -2.19. The van der Waals surface area contributed by atoms with E-state index in [9.17, 15) is 9.36 Å². The Morgan fingerprint density at radius 3 is 2.00 bits per heavy atom. The molecule has 4 nitrogen and oxygen atoms in total. The first kappa shape index (κ1) is 15.1. The lowest BCUT2D eigenvalue weighted by Gasteiger charge is -2.23. The van der Waals surface area contributed by atoms with E-state index in [1.165, 1.54) is 0 Å². The quantitative estimate of drug-likeness (QED) is 0.588. The molecule has 0 aliphatic carbocycles. The molecule has 1 aromatic carbocycles. The van der Waals surface area contributed by atoms with Gasteiger partial charge in [-0.2, -0.15) is 0 Å². The molecule has 0 saturated heterocycles. The van der Waals surface area contributed by atoms with Crippen LogP contribution in [0.15, 0.2) is 24.3 Å². The van der Waals surface area contributed by atoms with Crippen molar-refractivity contribution < 1.29 is 18.4 Å². The summed E-state index contributed by atoms with van der Waals surface area (Å²) in [4.78, 5) is 11.0. The van der Waals surface area contributed by atoms with E-state index in [1.807, 2.05) is 0 Å². The van der Waals surface area contributed by atoms with Crippen molar-refractivity contribution in [2.24, 2.45) is 0 Å². The fraction of sp³-hybridized carbons (Fsp3) is 0.462. The summed E-state index contributed by atoms with van der Waals surface area (Å²) in [6.07, 6.45) is 0.151. The summed E-state index contributed by atoms with van der Waals surface area (Å²) in [6, 6.07) is 6.63. The van der Waals surface area contributed by atoms with Gasteiger partial charge in [0.15, 0.2) is 6.29 Å². The molecule has 0 radical (unpaired) electrons. The van der Waals surface area contributed by atoms with Crippen LogP contribution in [0, 0.1) is 0 Å². The third kappa shape index (κ3) is 3.77. The van der Waals surface area contributed by atoms with Crippen molar-refractivity contribution in [1.82, 2.24) is 0 Å². The predicted molar refractivity (Wildman–Crippen MR) is 71.5 cm³/mol. The van der Waals surface area contributed by atoms with Gasteiger partial charge in [0.1, 0.15) is 0 Å². The minimum Gasteiger partial charge on any atom is -0.302 e. The van der Waals surface area contributed by atoms with E-state index >= 15 is 0 Å². The number of hydrogen-bond donors (Lipinski definition) is 0. The highest BCUT2D eigenvalue weighted by Crippen LogP contribution is 2.49. The molecule has 100 valence electrons. The maximum absolute atomic E-state index is 12.8. The first-order chi connectivity index (χ1) is 8.39. The van der Waals surface area contributed by atoms with Gasteiger partial charge < -0.3 is 9.05 Å². The number of hydrogen-bond acceptors (Lipinski definition) is 4. The molecule has 0 saturated carbocycles. The van der Waals surface area contributed by atoms with Crippen LogP contribution in [0.25, 0.3) is 0 Å². The maximum Gasteiger partial charge on any atom is 0.362 e. The highest BCUT2D eigenvalue weighted by atomic mass is 31.2. The van der Waals surface area contributed by atoms with Crippen LogP contribution < -0.4 is 5.30 Å². The van der Waals surface area contributed by atoms with E-state index in [2.05, 4.69) is 0 Å². The number of aldehydes is 1. The van der Waals surface area contributed by atoms with Crippen LogP contribution in [0.1, 0.15) is 38.1 Å². The first-order valence-corrected chi connectivity index (χ1v) is 7.45. The molecule has 5 heteroatoms.